The third kappa shape index (κ3) is 3.84. The summed E-state index contributed by atoms with van der Waals surface area (Å²) >= 11 is 0. The van der Waals surface area contributed by atoms with Gasteiger partial charge < -0.3 is 10.2 Å². The van der Waals surface area contributed by atoms with Gasteiger partial charge in [-0.05, 0) is 61.2 Å². The largest absolute Gasteiger partial charge is 0.367 e. The third-order valence-corrected chi connectivity index (χ3v) is 7.11. The fourth-order valence-corrected chi connectivity index (χ4v) is 5.26. The van der Waals surface area contributed by atoms with Crippen LogP contribution in [0.4, 0.5) is 11.5 Å². The summed E-state index contributed by atoms with van der Waals surface area (Å²) < 4.78 is 29.9. The number of aryl methyl sites for hydroxylation is 2. The molecule has 0 unspecified atom stereocenters. The molecule has 2 aliphatic rings. The second-order valence-corrected chi connectivity index (χ2v) is 9.66. The van der Waals surface area contributed by atoms with Gasteiger partial charge in [0, 0.05) is 32.3 Å². The quantitative estimate of drug-likeness (QED) is 0.516. The number of carbonyl (C=O) groups is 1. The van der Waals surface area contributed by atoms with E-state index in [9.17, 15) is 13.2 Å². The molecule has 5 rings (SSSR count). The van der Waals surface area contributed by atoms with Crippen molar-refractivity contribution in [2.45, 2.75) is 31.1 Å². The van der Waals surface area contributed by atoms with Crippen LogP contribution in [0.1, 0.15) is 23.2 Å². The Kier molecular flexibility index (Phi) is 5.14. The van der Waals surface area contributed by atoms with Gasteiger partial charge in [0.1, 0.15) is 5.82 Å². The van der Waals surface area contributed by atoms with Crippen LogP contribution in [0.5, 0.6) is 0 Å². The highest BCUT2D eigenvalue weighted by Crippen LogP contribution is 2.38. The minimum Gasteiger partial charge on any atom is -0.367 e. The minimum atomic E-state index is -3.66. The van der Waals surface area contributed by atoms with Gasteiger partial charge >= 0.3 is 0 Å². The number of hydrogen-bond donors (Lipinski definition) is 2. The third-order valence-electron chi connectivity index (χ3n) is 5.67. The van der Waals surface area contributed by atoms with Crippen molar-refractivity contribution in [1.82, 2.24) is 24.7 Å². The lowest BCUT2D eigenvalue weighted by Crippen LogP contribution is -2.33. The molecule has 166 valence electrons. The van der Waals surface area contributed by atoms with E-state index in [4.69, 9.17) is 0 Å². The first-order valence-electron chi connectivity index (χ1n) is 10.5. The van der Waals surface area contributed by atoms with Crippen LogP contribution in [0.2, 0.25) is 0 Å². The van der Waals surface area contributed by atoms with Crippen molar-refractivity contribution in [1.29, 1.82) is 0 Å². The number of rotatable bonds is 7. The molecule has 11 heteroatoms. The van der Waals surface area contributed by atoms with E-state index in [0.29, 0.717) is 44.0 Å². The van der Waals surface area contributed by atoms with E-state index in [0.717, 1.165) is 22.5 Å². The Balaban J connectivity index is 1.20. The highest BCUT2D eigenvalue weighted by molar-refractivity contribution is 7.89. The van der Waals surface area contributed by atoms with E-state index in [1.54, 1.807) is 33.8 Å². The second kappa shape index (κ2) is 7.99. The molecule has 0 fully saturated rings. The van der Waals surface area contributed by atoms with Crippen molar-refractivity contribution >= 4 is 27.4 Å². The number of carbonyl (C=O) groups excluding carboxylic acids is 1. The summed E-state index contributed by atoms with van der Waals surface area (Å²) in [5.74, 6) is 1.26. The summed E-state index contributed by atoms with van der Waals surface area (Å²) in [5.41, 5.74) is 3.66. The van der Waals surface area contributed by atoms with Crippen molar-refractivity contribution in [3.63, 3.8) is 0 Å². The van der Waals surface area contributed by atoms with Crippen LogP contribution >= 0.6 is 0 Å². The van der Waals surface area contributed by atoms with Crippen molar-refractivity contribution in [2.24, 2.45) is 0 Å². The lowest BCUT2D eigenvalue weighted by Gasteiger charge is -2.25. The summed E-state index contributed by atoms with van der Waals surface area (Å²) in [6.07, 6.45) is 3.50. The number of nitrogens with one attached hydrogen (secondary N) is 2. The smallest absolute Gasteiger partial charge is 0.240 e. The Morgan fingerprint density at radius 1 is 1.03 bits per heavy atom. The number of anilines is 2. The van der Waals surface area contributed by atoms with Gasteiger partial charge in [0.25, 0.3) is 0 Å². The lowest BCUT2D eigenvalue weighted by atomic mass is 10.00. The van der Waals surface area contributed by atoms with Gasteiger partial charge in [0.05, 0.1) is 16.3 Å². The van der Waals surface area contributed by atoms with Crippen LogP contribution in [0.15, 0.2) is 41.4 Å². The molecule has 2 aromatic heterocycles. The molecule has 0 bridgehead atoms. The standard InChI is InChI=1S/C21H23N7O3S/c1-14-6-11-28(26-14)19-4-3-18(24-25-19)22-8-9-23-32(30,31)17-12-15-2-5-20(29)27-10-7-16(13-17)21(15)27/h3-4,6,11-13,23H,2,5,7-10H2,1H3,(H,22,24). The Bertz CT molecular complexity index is 1290. The van der Waals surface area contributed by atoms with Crippen LogP contribution in [0.3, 0.4) is 0 Å². The van der Waals surface area contributed by atoms with Crippen molar-refractivity contribution in [2.75, 3.05) is 29.9 Å². The van der Waals surface area contributed by atoms with Crippen LogP contribution in [-0.2, 0) is 27.7 Å². The molecular weight excluding hydrogens is 430 g/mol. The first-order chi connectivity index (χ1) is 15.4. The molecular formula is C21H23N7O3S. The van der Waals surface area contributed by atoms with Crippen molar-refractivity contribution in [3.05, 3.63) is 53.3 Å². The maximum atomic E-state index is 12.8. The molecule has 1 aromatic carbocycles. The Morgan fingerprint density at radius 3 is 2.56 bits per heavy atom. The van der Waals surface area contributed by atoms with E-state index in [-0.39, 0.29) is 17.3 Å². The number of sulfonamides is 1. The van der Waals surface area contributed by atoms with Crippen molar-refractivity contribution in [3.8, 4) is 5.82 Å². The molecule has 10 nitrogen and oxygen atoms in total. The topological polar surface area (TPSA) is 122 Å². The van der Waals surface area contributed by atoms with Gasteiger partial charge in [-0.1, -0.05) is 0 Å². The number of hydrogen-bond acceptors (Lipinski definition) is 7. The summed E-state index contributed by atoms with van der Waals surface area (Å²) in [5, 5.41) is 15.6. The summed E-state index contributed by atoms with van der Waals surface area (Å²) in [7, 11) is -3.66. The summed E-state index contributed by atoms with van der Waals surface area (Å²) in [4.78, 5) is 14.1. The minimum absolute atomic E-state index is 0.118. The van der Waals surface area contributed by atoms with Crippen LogP contribution in [0.25, 0.3) is 5.82 Å². The SMILES string of the molecule is Cc1ccn(-c2ccc(NCCNS(=O)(=O)c3cc4c5c(c3)CCN5C(=O)CC4)nn2)n1. The van der Waals surface area contributed by atoms with E-state index in [2.05, 4.69) is 25.3 Å². The average Bonchev–Trinajstić information content (AvgIpc) is 3.42. The van der Waals surface area contributed by atoms with E-state index in [1.165, 1.54) is 0 Å². The van der Waals surface area contributed by atoms with Crippen LogP contribution in [-0.4, -0.2) is 53.9 Å². The Hall–Kier alpha value is -3.31. The molecule has 1 amide bonds. The molecule has 4 heterocycles. The molecule has 0 spiro atoms. The maximum absolute atomic E-state index is 12.8. The fourth-order valence-electron chi connectivity index (χ4n) is 4.12. The van der Waals surface area contributed by atoms with Crippen LogP contribution < -0.4 is 14.9 Å². The monoisotopic (exact) mass is 453 g/mol. The zero-order valence-electron chi connectivity index (χ0n) is 17.6. The first-order valence-corrected chi connectivity index (χ1v) is 12.0. The highest BCUT2D eigenvalue weighted by atomic mass is 32.2. The molecule has 2 aliphatic heterocycles. The zero-order chi connectivity index (χ0) is 22.3. The lowest BCUT2D eigenvalue weighted by molar-refractivity contribution is -0.118. The predicted molar refractivity (Wildman–Crippen MR) is 118 cm³/mol. The molecule has 0 atom stereocenters. The number of benzene rings is 1. The second-order valence-electron chi connectivity index (χ2n) is 7.89. The fraction of sp³-hybridized carbons (Fsp3) is 0.333. The Labute approximate surface area is 185 Å². The van der Waals surface area contributed by atoms with Crippen molar-refractivity contribution < 1.29 is 13.2 Å². The van der Waals surface area contributed by atoms with Crippen LogP contribution in [0, 0.1) is 6.92 Å². The number of aromatic nitrogens is 4. The Morgan fingerprint density at radius 2 is 1.84 bits per heavy atom. The van der Waals surface area contributed by atoms with Gasteiger partial charge in [-0.25, -0.2) is 17.8 Å². The predicted octanol–water partition coefficient (Wildman–Crippen LogP) is 1.20. The molecule has 3 aromatic rings. The molecule has 0 saturated heterocycles. The summed E-state index contributed by atoms with van der Waals surface area (Å²) in [6, 6.07) is 8.82. The highest BCUT2D eigenvalue weighted by Gasteiger charge is 2.32. The first kappa shape index (κ1) is 20.6. The zero-order valence-corrected chi connectivity index (χ0v) is 18.4. The van der Waals surface area contributed by atoms with Gasteiger partial charge in [-0.3, -0.25) is 4.79 Å². The molecule has 32 heavy (non-hydrogen) atoms. The maximum Gasteiger partial charge on any atom is 0.240 e. The average molecular weight is 454 g/mol. The number of amides is 1. The van der Waals surface area contributed by atoms with Gasteiger partial charge in [-0.15, -0.1) is 10.2 Å². The van der Waals surface area contributed by atoms with Gasteiger partial charge in [0.2, 0.25) is 15.9 Å². The molecule has 2 N–H and O–H groups in total. The van der Waals surface area contributed by atoms with E-state index in [1.807, 2.05) is 19.2 Å². The molecule has 0 radical (unpaired) electrons. The number of nitrogens with zero attached hydrogens (tertiary/aromatic N) is 5. The van der Waals surface area contributed by atoms with E-state index < -0.39 is 10.0 Å². The normalized spacial score (nSPS) is 15.2. The van der Waals surface area contributed by atoms with Gasteiger partial charge in [0.15, 0.2) is 5.82 Å². The molecule has 0 saturated carbocycles. The molecule has 0 aliphatic carbocycles. The van der Waals surface area contributed by atoms with E-state index >= 15 is 0 Å². The summed E-state index contributed by atoms with van der Waals surface area (Å²) in [6.45, 7) is 3.08. The van der Waals surface area contributed by atoms with Gasteiger partial charge in [-0.2, -0.15) is 5.10 Å².